The molecular formula is C14H20FNO. The van der Waals surface area contributed by atoms with Gasteiger partial charge in [-0.05, 0) is 44.4 Å². The number of hydrogen-bond acceptors (Lipinski definition) is 2. The largest absolute Gasteiger partial charge is 0.493 e. The maximum absolute atomic E-state index is 14.0. The van der Waals surface area contributed by atoms with Crippen molar-refractivity contribution in [2.45, 2.75) is 38.6 Å². The van der Waals surface area contributed by atoms with E-state index < -0.39 is 0 Å². The molecule has 1 unspecified atom stereocenters. The van der Waals surface area contributed by atoms with E-state index in [1.807, 2.05) is 6.92 Å². The van der Waals surface area contributed by atoms with E-state index >= 15 is 0 Å². The van der Waals surface area contributed by atoms with Gasteiger partial charge in [-0.3, -0.25) is 0 Å². The van der Waals surface area contributed by atoms with Gasteiger partial charge in [0.25, 0.3) is 0 Å². The Morgan fingerprint density at radius 1 is 1.47 bits per heavy atom. The van der Waals surface area contributed by atoms with Crippen LogP contribution < -0.4 is 10.1 Å². The predicted molar refractivity (Wildman–Crippen MR) is 66.9 cm³/mol. The van der Waals surface area contributed by atoms with Gasteiger partial charge in [-0.15, -0.1) is 0 Å². The average molecular weight is 237 g/mol. The third kappa shape index (κ3) is 2.16. The van der Waals surface area contributed by atoms with Crippen LogP contribution in [0.25, 0.3) is 0 Å². The van der Waals surface area contributed by atoms with Crippen molar-refractivity contribution in [1.82, 2.24) is 5.32 Å². The summed E-state index contributed by atoms with van der Waals surface area (Å²) in [4.78, 5) is 0. The zero-order valence-corrected chi connectivity index (χ0v) is 10.8. The first-order valence-corrected chi connectivity index (χ1v) is 6.22. The summed E-state index contributed by atoms with van der Waals surface area (Å²) in [6, 6.07) is 3.64. The van der Waals surface area contributed by atoms with Gasteiger partial charge in [-0.1, -0.05) is 13.0 Å². The molecule has 1 atom stereocenters. The van der Waals surface area contributed by atoms with E-state index in [0.29, 0.717) is 5.75 Å². The Morgan fingerprint density at radius 2 is 2.24 bits per heavy atom. The van der Waals surface area contributed by atoms with Gasteiger partial charge in [-0.25, -0.2) is 4.39 Å². The molecule has 0 aromatic heterocycles. The zero-order valence-electron chi connectivity index (χ0n) is 10.8. The van der Waals surface area contributed by atoms with Gasteiger partial charge in [0, 0.05) is 11.1 Å². The average Bonchev–Trinajstić information content (AvgIpc) is 2.76. The molecule has 1 N–H and O–H groups in total. The van der Waals surface area contributed by atoms with Crippen molar-refractivity contribution in [3.05, 3.63) is 29.1 Å². The van der Waals surface area contributed by atoms with Gasteiger partial charge in [0.15, 0.2) is 11.6 Å². The van der Waals surface area contributed by atoms with Crippen molar-refractivity contribution >= 4 is 0 Å². The van der Waals surface area contributed by atoms with Crippen molar-refractivity contribution < 1.29 is 9.13 Å². The lowest BCUT2D eigenvalue weighted by molar-refractivity contribution is 0.350. The summed E-state index contributed by atoms with van der Waals surface area (Å²) in [5.41, 5.74) is 1.82. The van der Waals surface area contributed by atoms with Crippen molar-refractivity contribution in [2.75, 3.05) is 13.7 Å². The van der Waals surface area contributed by atoms with Crippen LogP contribution in [0.1, 0.15) is 37.8 Å². The second-order valence-electron chi connectivity index (χ2n) is 4.87. The number of methoxy groups -OCH3 is 1. The highest BCUT2D eigenvalue weighted by atomic mass is 19.1. The lowest BCUT2D eigenvalue weighted by atomic mass is 9.88. The monoisotopic (exact) mass is 237 g/mol. The number of rotatable bonds is 3. The van der Waals surface area contributed by atoms with Crippen LogP contribution in [0.2, 0.25) is 0 Å². The molecule has 0 spiro atoms. The van der Waals surface area contributed by atoms with Gasteiger partial charge in [-0.2, -0.15) is 0 Å². The highest BCUT2D eigenvalue weighted by Crippen LogP contribution is 2.38. The summed E-state index contributed by atoms with van der Waals surface area (Å²) < 4.78 is 19.2. The third-order valence-corrected chi connectivity index (χ3v) is 3.68. The fourth-order valence-electron chi connectivity index (χ4n) is 2.60. The Bertz CT molecular complexity index is 411. The topological polar surface area (TPSA) is 21.3 Å². The summed E-state index contributed by atoms with van der Waals surface area (Å²) in [7, 11) is 1.53. The number of ether oxygens (including phenoxy) is 1. The molecule has 0 radical (unpaired) electrons. The van der Waals surface area contributed by atoms with E-state index in [-0.39, 0.29) is 11.4 Å². The minimum Gasteiger partial charge on any atom is -0.493 e. The number of nitrogens with one attached hydrogen (secondary N) is 1. The van der Waals surface area contributed by atoms with E-state index in [1.165, 1.54) is 7.11 Å². The molecule has 1 heterocycles. The quantitative estimate of drug-likeness (QED) is 0.872. The van der Waals surface area contributed by atoms with Gasteiger partial charge in [0.05, 0.1) is 7.11 Å². The second kappa shape index (κ2) is 4.65. The first kappa shape index (κ1) is 12.4. The van der Waals surface area contributed by atoms with E-state index in [9.17, 15) is 4.39 Å². The van der Waals surface area contributed by atoms with E-state index in [2.05, 4.69) is 18.3 Å². The van der Waals surface area contributed by atoms with Crippen LogP contribution in [0.5, 0.6) is 5.75 Å². The smallest absolute Gasteiger partial charge is 0.165 e. The van der Waals surface area contributed by atoms with Crippen LogP contribution in [-0.2, 0) is 12.0 Å². The zero-order chi connectivity index (χ0) is 12.5. The maximum atomic E-state index is 14.0. The standard InChI is InChI=1S/C14H20FNO/c1-4-10-8-11(13(17-3)12(15)9-10)14(2)6-5-7-16-14/h8-9,16H,4-7H2,1-3H3. The highest BCUT2D eigenvalue weighted by molar-refractivity contribution is 5.43. The Labute approximate surface area is 102 Å². The normalized spacial score (nSPS) is 24.0. The van der Waals surface area contributed by atoms with Crippen LogP contribution in [0, 0.1) is 5.82 Å². The molecule has 1 aromatic rings. The molecule has 0 saturated carbocycles. The van der Waals surface area contributed by atoms with Crippen molar-refractivity contribution in [1.29, 1.82) is 0 Å². The first-order chi connectivity index (χ1) is 8.10. The summed E-state index contributed by atoms with van der Waals surface area (Å²) in [5, 5.41) is 3.46. The van der Waals surface area contributed by atoms with Crippen molar-refractivity contribution in [3.8, 4) is 5.75 Å². The molecular weight excluding hydrogens is 217 g/mol. The Kier molecular flexibility index (Phi) is 3.38. The first-order valence-electron chi connectivity index (χ1n) is 6.22. The second-order valence-corrected chi connectivity index (χ2v) is 4.87. The van der Waals surface area contributed by atoms with Crippen LogP contribution in [-0.4, -0.2) is 13.7 Å². The van der Waals surface area contributed by atoms with Crippen molar-refractivity contribution in [2.24, 2.45) is 0 Å². The molecule has 2 nitrogen and oxygen atoms in total. The molecule has 94 valence electrons. The minimum atomic E-state index is -0.253. The predicted octanol–water partition coefficient (Wildman–Crippen LogP) is 3.00. The number of hydrogen-bond donors (Lipinski definition) is 1. The lowest BCUT2D eigenvalue weighted by Gasteiger charge is -2.27. The van der Waals surface area contributed by atoms with Crippen molar-refractivity contribution in [3.63, 3.8) is 0 Å². The highest BCUT2D eigenvalue weighted by Gasteiger charge is 2.34. The minimum absolute atomic E-state index is 0.155. The molecule has 1 fully saturated rings. The fourth-order valence-corrected chi connectivity index (χ4v) is 2.60. The van der Waals surface area contributed by atoms with E-state index in [4.69, 9.17) is 4.74 Å². The Hall–Kier alpha value is -1.09. The summed E-state index contributed by atoms with van der Waals surface area (Å²) in [6.45, 7) is 5.14. The molecule has 3 heteroatoms. The summed E-state index contributed by atoms with van der Waals surface area (Å²) in [5.74, 6) is 0.135. The van der Waals surface area contributed by atoms with E-state index in [0.717, 1.165) is 36.9 Å². The number of aryl methyl sites for hydroxylation is 1. The van der Waals surface area contributed by atoms with Gasteiger partial charge in [0.2, 0.25) is 0 Å². The van der Waals surface area contributed by atoms with Gasteiger partial charge in [0.1, 0.15) is 0 Å². The number of benzene rings is 1. The maximum Gasteiger partial charge on any atom is 0.165 e. The van der Waals surface area contributed by atoms with Gasteiger partial charge < -0.3 is 10.1 Å². The summed E-state index contributed by atoms with van der Waals surface area (Å²) >= 11 is 0. The molecule has 17 heavy (non-hydrogen) atoms. The molecule has 0 amide bonds. The van der Waals surface area contributed by atoms with Crippen LogP contribution >= 0.6 is 0 Å². The van der Waals surface area contributed by atoms with Crippen LogP contribution in [0.15, 0.2) is 12.1 Å². The molecule has 1 saturated heterocycles. The summed E-state index contributed by atoms with van der Waals surface area (Å²) in [6.07, 6.45) is 2.98. The molecule has 0 bridgehead atoms. The Balaban J connectivity index is 2.53. The van der Waals surface area contributed by atoms with E-state index in [1.54, 1.807) is 6.07 Å². The molecule has 0 aliphatic carbocycles. The SMILES string of the molecule is CCc1cc(F)c(OC)c(C2(C)CCCN2)c1. The van der Waals surface area contributed by atoms with Crippen LogP contribution in [0.3, 0.4) is 0 Å². The lowest BCUT2D eigenvalue weighted by Crippen LogP contribution is -2.33. The molecule has 2 rings (SSSR count). The third-order valence-electron chi connectivity index (χ3n) is 3.68. The van der Waals surface area contributed by atoms with Gasteiger partial charge >= 0.3 is 0 Å². The molecule has 1 aromatic carbocycles. The number of halogens is 1. The van der Waals surface area contributed by atoms with Crippen LogP contribution in [0.4, 0.5) is 4.39 Å². The Morgan fingerprint density at radius 3 is 2.76 bits per heavy atom. The molecule has 1 aliphatic rings. The molecule has 1 aliphatic heterocycles. The fraction of sp³-hybridized carbons (Fsp3) is 0.571.